The van der Waals surface area contributed by atoms with Gasteiger partial charge >= 0.3 is 5.97 Å². The van der Waals surface area contributed by atoms with Crippen LogP contribution in [0.2, 0.25) is 0 Å². The van der Waals surface area contributed by atoms with Crippen LogP contribution in [0.3, 0.4) is 0 Å². The third-order valence-electron chi connectivity index (χ3n) is 1.85. The van der Waals surface area contributed by atoms with Crippen molar-refractivity contribution < 1.29 is 14.6 Å². The summed E-state index contributed by atoms with van der Waals surface area (Å²) in [4.78, 5) is 12.8. The molecule has 1 N–H and O–H groups in total. The number of hydrogen-bond donors (Lipinski definition) is 1. The summed E-state index contributed by atoms with van der Waals surface area (Å²) >= 11 is 1.77. The Bertz CT molecular complexity index is 176. The summed E-state index contributed by atoms with van der Waals surface area (Å²) < 4.78 is 5.11. The summed E-state index contributed by atoms with van der Waals surface area (Å²) in [5, 5.41) is 8.81. The maximum absolute atomic E-state index is 10.7. The van der Waals surface area contributed by atoms with Crippen molar-refractivity contribution in [2.75, 3.05) is 38.8 Å². The molecule has 15 heavy (non-hydrogen) atoms. The number of thioether (sulfide) groups is 1. The monoisotopic (exact) mass is 235 g/mol. The average molecular weight is 235 g/mol. The number of aliphatic carboxylic acids is 1. The minimum atomic E-state index is -0.856. The second-order valence-electron chi connectivity index (χ2n) is 3.49. The van der Waals surface area contributed by atoms with Gasteiger partial charge in [0, 0.05) is 18.9 Å². The fourth-order valence-corrected chi connectivity index (χ4v) is 2.10. The lowest BCUT2D eigenvalue weighted by Crippen LogP contribution is -2.24. The normalized spacial score (nSPS) is 13.1. The van der Waals surface area contributed by atoms with Crippen molar-refractivity contribution in [2.24, 2.45) is 0 Å². The number of carboxylic acid groups (broad SMARTS) is 1. The molecule has 0 aromatic rings. The van der Waals surface area contributed by atoms with Gasteiger partial charge in [0.1, 0.15) is 0 Å². The van der Waals surface area contributed by atoms with Crippen LogP contribution in [0, 0.1) is 0 Å². The fraction of sp³-hybridized carbons (Fsp3) is 0.900. The number of carbonyl (C=O) groups is 1. The Balaban J connectivity index is 3.49. The van der Waals surface area contributed by atoms with Crippen molar-refractivity contribution >= 4 is 17.7 Å². The van der Waals surface area contributed by atoms with Crippen LogP contribution in [-0.2, 0) is 9.53 Å². The van der Waals surface area contributed by atoms with Gasteiger partial charge in [-0.2, -0.15) is 11.8 Å². The molecule has 0 saturated carbocycles. The largest absolute Gasteiger partial charge is 0.479 e. The highest BCUT2D eigenvalue weighted by atomic mass is 32.2. The lowest BCUT2D eigenvalue weighted by atomic mass is 10.3. The van der Waals surface area contributed by atoms with E-state index in [0.29, 0.717) is 13.0 Å². The van der Waals surface area contributed by atoms with Gasteiger partial charge in [0.05, 0.1) is 0 Å². The van der Waals surface area contributed by atoms with E-state index in [4.69, 9.17) is 9.84 Å². The van der Waals surface area contributed by atoms with Crippen molar-refractivity contribution in [3.8, 4) is 0 Å². The fourth-order valence-electron chi connectivity index (χ4n) is 1.02. The zero-order chi connectivity index (χ0) is 11.7. The van der Waals surface area contributed by atoms with Crippen molar-refractivity contribution in [3.05, 3.63) is 0 Å². The first-order valence-electron chi connectivity index (χ1n) is 5.14. The molecule has 0 rings (SSSR count). The first-order chi connectivity index (χ1) is 7.07. The van der Waals surface area contributed by atoms with Crippen molar-refractivity contribution in [3.63, 3.8) is 0 Å². The first kappa shape index (κ1) is 14.7. The Morgan fingerprint density at radius 2 is 2.13 bits per heavy atom. The van der Waals surface area contributed by atoms with Crippen LogP contribution in [0.25, 0.3) is 0 Å². The van der Waals surface area contributed by atoms with Crippen LogP contribution in [0.5, 0.6) is 0 Å². The molecule has 4 nitrogen and oxygen atoms in total. The number of carboxylic acids is 1. The van der Waals surface area contributed by atoms with Gasteiger partial charge in [-0.25, -0.2) is 4.79 Å². The molecule has 0 aliphatic carbocycles. The van der Waals surface area contributed by atoms with E-state index < -0.39 is 12.1 Å². The van der Waals surface area contributed by atoms with Gasteiger partial charge in [-0.3, -0.25) is 0 Å². The number of nitrogens with zero attached hydrogens (tertiary/aromatic N) is 1. The summed E-state index contributed by atoms with van der Waals surface area (Å²) in [5.41, 5.74) is 0. The van der Waals surface area contributed by atoms with Gasteiger partial charge in [-0.1, -0.05) is 0 Å². The van der Waals surface area contributed by atoms with E-state index in [1.54, 1.807) is 11.8 Å². The molecule has 0 saturated heterocycles. The molecule has 0 radical (unpaired) electrons. The quantitative estimate of drug-likeness (QED) is 0.608. The molecule has 1 unspecified atom stereocenters. The van der Waals surface area contributed by atoms with Crippen molar-refractivity contribution in [1.29, 1.82) is 0 Å². The smallest absolute Gasteiger partial charge is 0.332 e. The molecule has 0 aliphatic heterocycles. The zero-order valence-electron chi connectivity index (χ0n) is 9.73. The molecule has 1 atom stereocenters. The highest BCUT2D eigenvalue weighted by Crippen LogP contribution is 2.07. The average Bonchev–Trinajstić information content (AvgIpc) is 2.15. The highest BCUT2D eigenvalue weighted by Gasteiger charge is 2.16. The Hall–Kier alpha value is -0.260. The Morgan fingerprint density at radius 1 is 1.47 bits per heavy atom. The number of rotatable bonds is 9. The van der Waals surface area contributed by atoms with E-state index in [-0.39, 0.29) is 0 Å². The van der Waals surface area contributed by atoms with E-state index >= 15 is 0 Å². The first-order valence-corrected chi connectivity index (χ1v) is 6.30. The number of ether oxygens (including phenoxy) is 1. The molecule has 0 aromatic heterocycles. The Labute approximate surface area is 96.0 Å². The van der Waals surface area contributed by atoms with Gasteiger partial charge in [-0.15, -0.1) is 0 Å². The van der Waals surface area contributed by atoms with Crippen LogP contribution >= 0.6 is 11.8 Å². The molecule has 90 valence electrons. The summed E-state index contributed by atoms with van der Waals surface area (Å²) in [6.07, 6.45) is -0.0526. The third-order valence-corrected chi connectivity index (χ3v) is 2.85. The summed E-state index contributed by atoms with van der Waals surface area (Å²) in [6.45, 7) is 3.30. The molecular weight excluding hydrogens is 214 g/mol. The maximum atomic E-state index is 10.7. The molecule has 0 spiro atoms. The third kappa shape index (κ3) is 8.72. The predicted octanol–water partition coefficient (Wildman–Crippen LogP) is 1.16. The number of hydrogen-bond acceptors (Lipinski definition) is 4. The lowest BCUT2D eigenvalue weighted by molar-refractivity contribution is -0.150. The van der Waals surface area contributed by atoms with Crippen LogP contribution in [0.15, 0.2) is 0 Å². The highest BCUT2D eigenvalue weighted by molar-refractivity contribution is 7.99. The van der Waals surface area contributed by atoms with E-state index in [1.807, 2.05) is 21.0 Å². The molecule has 0 amide bonds. The van der Waals surface area contributed by atoms with E-state index in [2.05, 4.69) is 4.90 Å². The summed E-state index contributed by atoms with van der Waals surface area (Å²) in [7, 11) is 4.06. The lowest BCUT2D eigenvalue weighted by Gasteiger charge is -2.12. The molecule has 0 bridgehead atoms. The van der Waals surface area contributed by atoms with Crippen LogP contribution in [0.4, 0.5) is 0 Å². The van der Waals surface area contributed by atoms with Crippen molar-refractivity contribution in [1.82, 2.24) is 4.90 Å². The topological polar surface area (TPSA) is 49.8 Å². The molecule has 0 heterocycles. The second-order valence-corrected chi connectivity index (χ2v) is 4.71. The SMILES string of the molecule is CCOC(CCSCCN(C)C)C(=O)O. The van der Waals surface area contributed by atoms with Crippen LogP contribution < -0.4 is 0 Å². The second kappa shape index (κ2) is 9.00. The summed E-state index contributed by atoms with van der Waals surface area (Å²) in [5.74, 6) is 1.01. The van der Waals surface area contributed by atoms with E-state index in [9.17, 15) is 4.79 Å². The minimum Gasteiger partial charge on any atom is -0.479 e. The molecule has 0 aromatic carbocycles. The van der Waals surface area contributed by atoms with Gasteiger partial charge in [0.2, 0.25) is 0 Å². The predicted molar refractivity (Wildman–Crippen MR) is 63.5 cm³/mol. The Kier molecular flexibility index (Phi) is 8.85. The van der Waals surface area contributed by atoms with Gasteiger partial charge < -0.3 is 14.7 Å². The Morgan fingerprint density at radius 3 is 2.60 bits per heavy atom. The minimum absolute atomic E-state index is 0.458. The maximum Gasteiger partial charge on any atom is 0.332 e. The standard InChI is InChI=1S/C10H21NO3S/c1-4-14-9(10(12)13)5-7-15-8-6-11(2)3/h9H,4-8H2,1-3H3,(H,12,13). The zero-order valence-corrected chi connectivity index (χ0v) is 10.5. The molecular formula is C10H21NO3S. The molecule has 0 aliphatic rings. The molecule has 5 heteroatoms. The summed E-state index contributed by atoms with van der Waals surface area (Å²) in [6, 6.07) is 0. The van der Waals surface area contributed by atoms with E-state index in [1.165, 1.54) is 0 Å². The van der Waals surface area contributed by atoms with Crippen molar-refractivity contribution in [2.45, 2.75) is 19.4 Å². The van der Waals surface area contributed by atoms with Gasteiger partial charge in [-0.05, 0) is 33.2 Å². The molecule has 0 fully saturated rings. The van der Waals surface area contributed by atoms with Gasteiger partial charge in [0.25, 0.3) is 0 Å². The van der Waals surface area contributed by atoms with E-state index in [0.717, 1.165) is 18.1 Å². The van der Waals surface area contributed by atoms with Crippen LogP contribution in [0.1, 0.15) is 13.3 Å². The van der Waals surface area contributed by atoms with Crippen LogP contribution in [-0.4, -0.2) is 60.8 Å². The van der Waals surface area contributed by atoms with Gasteiger partial charge in [0.15, 0.2) is 6.10 Å².